The minimum absolute atomic E-state index is 0. The molecule has 1 aromatic carbocycles. The van der Waals surface area contributed by atoms with E-state index < -0.39 is 11.9 Å². The maximum absolute atomic E-state index is 11.3. The van der Waals surface area contributed by atoms with Gasteiger partial charge in [-0.05, 0) is 23.8 Å². The molecule has 19 heavy (non-hydrogen) atoms. The van der Waals surface area contributed by atoms with Crippen LogP contribution in [-0.4, -0.2) is 29.7 Å². The number of methoxy groups -OCH3 is 1. The molecule has 0 radical (unpaired) electrons. The number of hydrogen-bond acceptors (Lipinski definition) is 3. The number of fused-ring (bicyclic) bond motifs is 3. The SMILES string of the molecule is COc1ccc2[nH]c3c(c2c1)C(C(=O)O)CNC3.Cl. The van der Waals surface area contributed by atoms with E-state index in [4.69, 9.17) is 4.74 Å². The zero-order valence-electron chi connectivity index (χ0n) is 10.4. The number of aromatic amines is 1. The normalized spacial score (nSPS) is 17.6. The first-order chi connectivity index (χ1) is 8.70. The van der Waals surface area contributed by atoms with Crippen LogP contribution in [0, 0.1) is 0 Å². The zero-order valence-corrected chi connectivity index (χ0v) is 11.2. The molecule has 1 aromatic heterocycles. The minimum Gasteiger partial charge on any atom is -0.497 e. The van der Waals surface area contributed by atoms with Gasteiger partial charge in [0.05, 0.1) is 13.0 Å². The number of hydrogen-bond donors (Lipinski definition) is 3. The molecule has 0 spiro atoms. The fourth-order valence-electron chi connectivity index (χ4n) is 2.57. The average Bonchev–Trinajstić information content (AvgIpc) is 2.75. The minimum atomic E-state index is -0.799. The summed E-state index contributed by atoms with van der Waals surface area (Å²) >= 11 is 0. The number of nitrogens with one attached hydrogen (secondary N) is 2. The predicted molar refractivity (Wildman–Crippen MR) is 74.2 cm³/mol. The molecule has 0 bridgehead atoms. The van der Waals surface area contributed by atoms with Crippen molar-refractivity contribution in [2.75, 3.05) is 13.7 Å². The Balaban J connectivity index is 0.00000133. The molecule has 2 aromatic rings. The van der Waals surface area contributed by atoms with Crippen LogP contribution < -0.4 is 10.1 Å². The van der Waals surface area contributed by atoms with Crippen molar-refractivity contribution in [1.29, 1.82) is 0 Å². The number of rotatable bonds is 2. The molecule has 2 heterocycles. The maximum atomic E-state index is 11.3. The Bertz CT molecular complexity index is 624. The van der Waals surface area contributed by atoms with Crippen molar-refractivity contribution < 1.29 is 14.6 Å². The topological polar surface area (TPSA) is 74.4 Å². The lowest BCUT2D eigenvalue weighted by Crippen LogP contribution is -2.32. The molecule has 6 heteroatoms. The average molecular weight is 283 g/mol. The van der Waals surface area contributed by atoms with Gasteiger partial charge in [-0.25, -0.2) is 0 Å². The molecule has 1 aliphatic rings. The summed E-state index contributed by atoms with van der Waals surface area (Å²) in [6.45, 7) is 1.14. The molecule has 1 aliphatic heterocycles. The summed E-state index contributed by atoms with van der Waals surface area (Å²) in [5, 5.41) is 13.4. The molecule has 3 rings (SSSR count). The van der Waals surface area contributed by atoms with Gasteiger partial charge in [-0.15, -0.1) is 12.4 Å². The second kappa shape index (κ2) is 5.11. The lowest BCUT2D eigenvalue weighted by Gasteiger charge is -2.20. The van der Waals surface area contributed by atoms with Crippen LogP contribution in [0.1, 0.15) is 17.2 Å². The Morgan fingerprint density at radius 3 is 2.95 bits per heavy atom. The number of carboxylic acids is 1. The first kappa shape index (κ1) is 13.7. The smallest absolute Gasteiger partial charge is 0.312 e. The van der Waals surface area contributed by atoms with Crippen LogP contribution in [0.2, 0.25) is 0 Å². The Kier molecular flexibility index (Phi) is 3.68. The van der Waals surface area contributed by atoms with Crippen LogP contribution in [0.15, 0.2) is 18.2 Å². The summed E-state index contributed by atoms with van der Waals surface area (Å²) in [5.41, 5.74) is 2.79. The number of H-pyrrole nitrogens is 1. The van der Waals surface area contributed by atoms with Crippen molar-refractivity contribution in [3.8, 4) is 5.75 Å². The van der Waals surface area contributed by atoms with Crippen LogP contribution in [-0.2, 0) is 11.3 Å². The predicted octanol–water partition coefficient (Wildman–Crippen LogP) is 1.87. The number of carbonyl (C=O) groups is 1. The van der Waals surface area contributed by atoms with Gasteiger partial charge in [-0.1, -0.05) is 0 Å². The number of aromatic nitrogens is 1. The fourth-order valence-corrected chi connectivity index (χ4v) is 2.57. The molecule has 3 N–H and O–H groups in total. The molecule has 0 fully saturated rings. The second-order valence-corrected chi connectivity index (χ2v) is 4.45. The van der Waals surface area contributed by atoms with Gasteiger partial charge in [0.1, 0.15) is 5.75 Å². The molecule has 0 saturated carbocycles. The van der Waals surface area contributed by atoms with Gasteiger partial charge in [0.2, 0.25) is 0 Å². The van der Waals surface area contributed by atoms with E-state index in [1.165, 1.54) is 0 Å². The summed E-state index contributed by atoms with van der Waals surface area (Å²) in [7, 11) is 1.61. The van der Waals surface area contributed by atoms with E-state index >= 15 is 0 Å². The lowest BCUT2D eigenvalue weighted by molar-refractivity contribution is -0.138. The lowest BCUT2D eigenvalue weighted by atomic mass is 9.93. The van der Waals surface area contributed by atoms with E-state index in [2.05, 4.69) is 10.3 Å². The Morgan fingerprint density at radius 1 is 1.47 bits per heavy atom. The van der Waals surface area contributed by atoms with Crippen LogP contribution >= 0.6 is 12.4 Å². The van der Waals surface area contributed by atoms with Crippen LogP contribution in [0.4, 0.5) is 0 Å². The third-order valence-electron chi connectivity index (χ3n) is 3.42. The third kappa shape index (κ3) is 2.15. The van der Waals surface area contributed by atoms with Crippen LogP contribution in [0.25, 0.3) is 10.9 Å². The fraction of sp³-hybridized carbons (Fsp3) is 0.308. The highest BCUT2D eigenvalue weighted by Crippen LogP contribution is 2.33. The van der Waals surface area contributed by atoms with E-state index in [9.17, 15) is 9.90 Å². The van der Waals surface area contributed by atoms with Crippen LogP contribution in [0.5, 0.6) is 5.75 Å². The van der Waals surface area contributed by atoms with E-state index in [1.54, 1.807) is 7.11 Å². The summed E-state index contributed by atoms with van der Waals surface area (Å²) in [6.07, 6.45) is 0. The van der Waals surface area contributed by atoms with Crippen molar-refractivity contribution in [1.82, 2.24) is 10.3 Å². The van der Waals surface area contributed by atoms with Gasteiger partial charge in [0, 0.05) is 29.7 Å². The van der Waals surface area contributed by atoms with Gasteiger partial charge in [-0.2, -0.15) is 0 Å². The molecule has 0 aliphatic carbocycles. The van der Waals surface area contributed by atoms with Gasteiger partial charge >= 0.3 is 5.97 Å². The van der Waals surface area contributed by atoms with Crippen molar-refractivity contribution >= 4 is 29.3 Å². The summed E-state index contributed by atoms with van der Waals surface area (Å²) in [5.74, 6) is -0.561. The van der Waals surface area contributed by atoms with Crippen molar-refractivity contribution in [3.05, 3.63) is 29.5 Å². The number of halogens is 1. The maximum Gasteiger partial charge on any atom is 0.312 e. The molecular weight excluding hydrogens is 268 g/mol. The molecule has 5 nitrogen and oxygen atoms in total. The van der Waals surface area contributed by atoms with E-state index in [0.29, 0.717) is 13.1 Å². The summed E-state index contributed by atoms with van der Waals surface area (Å²) in [6, 6.07) is 5.69. The third-order valence-corrected chi connectivity index (χ3v) is 3.42. The van der Waals surface area contributed by atoms with Crippen molar-refractivity contribution in [3.63, 3.8) is 0 Å². The zero-order chi connectivity index (χ0) is 12.7. The molecule has 0 amide bonds. The van der Waals surface area contributed by atoms with Gasteiger partial charge in [0.25, 0.3) is 0 Å². The molecule has 102 valence electrons. The first-order valence-corrected chi connectivity index (χ1v) is 5.82. The van der Waals surface area contributed by atoms with Crippen LogP contribution in [0.3, 0.4) is 0 Å². The second-order valence-electron chi connectivity index (χ2n) is 4.45. The largest absolute Gasteiger partial charge is 0.497 e. The van der Waals surface area contributed by atoms with Gasteiger partial charge in [0.15, 0.2) is 0 Å². The molecule has 1 atom stereocenters. The first-order valence-electron chi connectivity index (χ1n) is 5.82. The van der Waals surface area contributed by atoms with Crippen molar-refractivity contribution in [2.24, 2.45) is 0 Å². The molecular formula is C13H15ClN2O3. The number of ether oxygens (including phenoxy) is 1. The highest BCUT2D eigenvalue weighted by Gasteiger charge is 2.29. The van der Waals surface area contributed by atoms with Crippen molar-refractivity contribution in [2.45, 2.75) is 12.5 Å². The number of benzene rings is 1. The summed E-state index contributed by atoms with van der Waals surface area (Å²) in [4.78, 5) is 14.6. The quantitative estimate of drug-likeness (QED) is 0.786. The van der Waals surface area contributed by atoms with E-state index in [0.717, 1.165) is 27.9 Å². The van der Waals surface area contributed by atoms with E-state index in [-0.39, 0.29) is 12.4 Å². The highest BCUT2D eigenvalue weighted by atomic mass is 35.5. The Hall–Kier alpha value is -1.72. The number of aliphatic carboxylic acids is 1. The van der Waals surface area contributed by atoms with E-state index in [1.807, 2.05) is 18.2 Å². The standard InChI is InChI=1S/C13H14N2O3.ClH/c1-18-7-2-3-10-8(4-7)12-9(13(16)17)5-14-6-11(12)15-10;/h2-4,9,14-15H,5-6H2,1H3,(H,16,17);1H. The summed E-state index contributed by atoms with van der Waals surface area (Å²) < 4.78 is 5.20. The highest BCUT2D eigenvalue weighted by molar-refractivity contribution is 5.92. The molecule has 1 unspecified atom stereocenters. The monoisotopic (exact) mass is 282 g/mol. The molecule has 0 saturated heterocycles. The van der Waals surface area contributed by atoms with Gasteiger partial charge in [-0.3, -0.25) is 4.79 Å². The number of carboxylic acid groups (broad SMARTS) is 1. The Morgan fingerprint density at radius 2 is 2.26 bits per heavy atom. The Labute approximate surface area is 116 Å². The van der Waals surface area contributed by atoms with Gasteiger partial charge < -0.3 is 20.1 Å².